The molecule has 27 heavy (non-hydrogen) atoms. The zero-order chi connectivity index (χ0) is 18.8. The second-order valence-electron chi connectivity index (χ2n) is 5.75. The highest BCUT2D eigenvalue weighted by atomic mass is 79.9. The molecule has 0 bridgehead atoms. The van der Waals surface area contributed by atoms with Crippen LogP contribution >= 0.6 is 27.3 Å². The number of ether oxygens (including phenoxy) is 1. The lowest BCUT2D eigenvalue weighted by Crippen LogP contribution is -2.25. The van der Waals surface area contributed by atoms with Crippen LogP contribution in [0.25, 0.3) is 11.3 Å². The van der Waals surface area contributed by atoms with E-state index in [0.717, 1.165) is 26.1 Å². The van der Waals surface area contributed by atoms with E-state index in [0.29, 0.717) is 11.4 Å². The molecule has 0 radical (unpaired) electrons. The summed E-state index contributed by atoms with van der Waals surface area (Å²) in [7, 11) is 1.74. The minimum absolute atomic E-state index is 0.0416. The molecule has 1 aromatic heterocycles. The summed E-state index contributed by atoms with van der Waals surface area (Å²) in [6.45, 7) is 0.0416. The fourth-order valence-electron chi connectivity index (χ4n) is 2.70. The number of carbonyl (C=O) groups excluding carboxylic acids is 1. The van der Waals surface area contributed by atoms with Crippen LogP contribution < -0.4 is 14.9 Å². The van der Waals surface area contributed by atoms with Crippen LogP contribution in [0, 0.1) is 0 Å². The summed E-state index contributed by atoms with van der Waals surface area (Å²) in [6, 6.07) is 13.6. The molecule has 3 aromatic rings. The second kappa shape index (κ2) is 7.50. The van der Waals surface area contributed by atoms with Gasteiger partial charge in [-0.05, 0) is 24.3 Å². The van der Waals surface area contributed by atoms with Crippen LogP contribution in [0.4, 0.5) is 5.69 Å². The number of aromatic nitrogens is 1. The average Bonchev–Trinajstić information content (AvgIpc) is 3.09. The molecule has 2 aromatic carbocycles. The summed E-state index contributed by atoms with van der Waals surface area (Å²) in [5.41, 5.74) is 3.42. The van der Waals surface area contributed by atoms with E-state index < -0.39 is 0 Å². The Labute approximate surface area is 168 Å². The van der Waals surface area contributed by atoms with Crippen LogP contribution in [-0.4, -0.2) is 30.5 Å². The molecule has 0 saturated heterocycles. The summed E-state index contributed by atoms with van der Waals surface area (Å²) in [5.74, 6) is 0.506. The van der Waals surface area contributed by atoms with E-state index in [9.17, 15) is 4.79 Å². The van der Waals surface area contributed by atoms with Gasteiger partial charge in [0.1, 0.15) is 5.75 Å². The number of rotatable bonds is 3. The van der Waals surface area contributed by atoms with Crippen molar-refractivity contribution in [1.82, 2.24) is 4.68 Å². The topological polar surface area (TPSA) is 68.0 Å². The zero-order valence-electron chi connectivity index (χ0n) is 14.3. The van der Waals surface area contributed by atoms with E-state index in [1.165, 1.54) is 11.3 Å². The first kappa shape index (κ1) is 17.7. The second-order valence-corrected chi connectivity index (χ2v) is 7.44. The SMILES string of the molecule is CN=c1scc(-c2ccc3c(c2)NC(=O)CO3)n1N=Cc1ccccc1Br. The van der Waals surface area contributed by atoms with E-state index >= 15 is 0 Å². The van der Waals surface area contributed by atoms with Crippen LogP contribution in [0.1, 0.15) is 5.56 Å². The third-order valence-corrected chi connectivity index (χ3v) is 5.63. The molecule has 6 nitrogen and oxygen atoms in total. The van der Waals surface area contributed by atoms with Crippen LogP contribution in [0.5, 0.6) is 5.75 Å². The highest BCUT2D eigenvalue weighted by Crippen LogP contribution is 2.32. The summed E-state index contributed by atoms with van der Waals surface area (Å²) in [6.07, 6.45) is 1.79. The third kappa shape index (κ3) is 3.58. The molecule has 0 aliphatic carbocycles. The molecular formula is C19H15BrN4O2S. The molecule has 2 heterocycles. The Morgan fingerprint density at radius 2 is 2.15 bits per heavy atom. The van der Waals surface area contributed by atoms with Gasteiger partial charge in [-0.2, -0.15) is 5.10 Å². The fourth-order valence-corrected chi connectivity index (χ4v) is 3.89. The third-order valence-electron chi connectivity index (χ3n) is 4.00. The normalized spacial score (nSPS) is 14.1. The van der Waals surface area contributed by atoms with E-state index in [2.05, 4.69) is 31.3 Å². The predicted molar refractivity (Wildman–Crippen MR) is 110 cm³/mol. The highest BCUT2D eigenvalue weighted by molar-refractivity contribution is 9.10. The van der Waals surface area contributed by atoms with Gasteiger partial charge in [0.25, 0.3) is 5.91 Å². The first-order chi connectivity index (χ1) is 13.2. The van der Waals surface area contributed by atoms with Crippen LogP contribution in [0.2, 0.25) is 0 Å². The maximum atomic E-state index is 11.6. The van der Waals surface area contributed by atoms with Crippen molar-refractivity contribution < 1.29 is 9.53 Å². The molecule has 0 atom stereocenters. The molecule has 0 saturated carbocycles. The van der Waals surface area contributed by atoms with Gasteiger partial charge in [0.15, 0.2) is 6.61 Å². The smallest absolute Gasteiger partial charge is 0.262 e. The van der Waals surface area contributed by atoms with Crippen molar-refractivity contribution in [1.29, 1.82) is 0 Å². The molecule has 1 aliphatic rings. The van der Waals surface area contributed by atoms with Crippen molar-refractivity contribution in [3.63, 3.8) is 0 Å². The quantitative estimate of drug-likeness (QED) is 0.627. The van der Waals surface area contributed by atoms with Crippen molar-refractivity contribution in [3.8, 4) is 17.0 Å². The number of halogens is 1. The number of fused-ring (bicyclic) bond motifs is 1. The maximum absolute atomic E-state index is 11.6. The Morgan fingerprint density at radius 3 is 2.96 bits per heavy atom. The number of anilines is 1. The largest absolute Gasteiger partial charge is 0.482 e. The average molecular weight is 443 g/mol. The lowest BCUT2D eigenvalue weighted by atomic mass is 10.1. The highest BCUT2D eigenvalue weighted by Gasteiger charge is 2.17. The monoisotopic (exact) mass is 442 g/mol. The number of thiazole rings is 1. The molecule has 0 fully saturated rings. The summed E-state index contributed by atoms with van der Waals surface area (Å²) >= 11 is 5.03. The van der Waals surface area contributed by atoms with E-state index in [-0.39, 0.29) is 12.5 Å². The molecule has 0 spiro atoms. The van der Waals surface area contributed by atoms with Gasteiger partial charge in [0.2, 0.25) is 4.80 Å². The van der Waals surface area contributed by atoms with Crippen molar-refractivity contribution in [2.24, 2.45) is 10.1 Å². The van der Waals surface area contributed by atoms with Crippen LogP contribution in [0.15, 0.2) is 62.4 Å². The Bertz CT molecular complexity index is 1120. The van der Waals surface area contributed by atoms with Crippen molar-refractivity contribution in [2.75, 3.05) is 19.0 Å². The van der Waals surface area contributed by atoms with Crippen molar-refractivity contribution in [2.45, 2.75) is 0 Å². The number of benzene rings is 2. The number of nitrogens with one attached hydrogen (secondary N) is 1. The van der Waals surface area contributed by atoms with Gasteiger partial charge in [-0.3, -0.25) is 9.79 Å². The van der Waals surface area contributed by atoms with Gasteiger partial charge < -0.3 is 10.1 Å². The Hall–Kier alpha value is -2.71. The molecule has 136 valence electrons. The number of amides is 1. The van der Waals surface area contributed by atoms with E-state index in [1.54, 1.807) is 17.9 Å². The van der Waals surface area contributed by atoms with Crippen molar-refractivity contribution >= 4 is 45.1 Å². The number of carbonyl (C=O) groups is 1. The molecule has 4 rings (SSSR count). The molecule has 8 heteroatoms. The summed E-state index contributed by atoms with van der Waals surface area (Å²) in [4.78, 5) is 16.7. The Balaban J connectivity index is 1.77. The first-order valence-electron chi connectivity index (χ1n) is 8.15. The zero-order valence-corrected chi connectivity index (χ0v) is 16.8. The number of hydrogen-bond acceptors (Lipinski definition) is 5. The number of hydrogen-bond donors (Lipinski definition) is 1. The Morgan fingerprint density at radius 1 is 1.30 bits per heavy atom. The molecular weight excluding hydrogens is 428 g/mol. The summed E-state index contributed by atoms with van der Waals surface area (Å²) in [5, 5.41) is 9.46. The fraction of sp³-hybridized carbons (Fsp3) is 0.105. The van der Waals surface area contributed by atoms with Gasteiger partial charge in [-0.25, -0.2) is 4.68 Å². The standard InChI is InChI=1S/C19H15BrN4O2S/c1-21-19-24(22-9-13-4-2-3-5-14(13)20)16(11-27-19)12-6-7-17-15(8-12)23-18(25)10-26-17/h2-9,11H,10H2,1H3,(H,23,25). The lowest BCUT2D eigenvalue weighted by Gasteiger charge is -2.18. The molecule has 1 aliphatic heterocycles. The molecule has 1 amide bonds. The molecule has 1 N–H and O–H groups in total. The minimum Gasteiger partial charge on any atom is -0.482 e. The predicted octanol–water partition coefficient (Wildman–Crippen LogP) is 3.72. The van der Waals surface area contributed by atoms with Crippen LogP contribution in [0.3, 0.4) is 0 Å². The van der Waals surface area contributed by atoms with E-state index in [1.807, 2.05) is 47.8 Å². The molecule has 0 unspecified atom stereocenters. The summed E-state index contributed by atoms with van der Waals surface area (Å²) < 4.78 is 8.19. The lowest BCUT2D eigenvalue weighted by molar-refractivity contribution is -0.118. The minimum atomic E-state index is -0.158. The first-order valence-corrected chi connectivity index (χ1v) is 9.82. The van der Waals surface area contributed by atoms with Gasteiger partial charge in [0, 0.05) is 28.0 Å². The number of nitrogens with zero attached hydrogens (tertiary/aromatic N) is 3. The van der Waals surface area contributed by atoms with Crippen molar-refractivity contribution in [3.05, 3.63) is 62.7 Å². The Kier molecular flexibility index (Phi) is 4.91. The van der Waals surface area contributed by atoms with Gasteiger partial charge in [0.05, 0.1) is 17.6 Å². The van der Waals surface area contributed by atoms with Gasteiger partial charge >= 0.3 is 0 Å². The van der Waals surface area contributed by atoms with Gasteiger partial charge in [-0.1, -0.05) is 34.1 Å². The maximum Gasteiger partial charge on any atom is 0.262 e. The van der Waals surface area contributed by atoms with Gasteiger partial charge in [-0.15, -0.1) is 11.3 Å². The van der Waals surface area contributed by atoms with E-state index in [4.69, 9.17) is 4.74 Å². The van der Waals surface area contributed by atoms with Crippen LogP contribution in [-0.2, 0) is 4.79 Å².